The fourth-order valence-corrected chi connectivity index (χ4v) is 3.91. The normalized spacial score (nSPS) is 16.8. The molecule has 0 N–H and O–H groups in total. The lowest BCUT2D eigenvalue weighted by Gasteiger charge is -2.21. The van der Waals surface area contributed by atoms with Crippen LogP contribution in [0.25, 0.3) is 0 Å². The maximum atomic E-state index is 12.7. The van der Waals surface area contributed by atoms with E-state index in [1.165, 1.54) is 5.56 Å². The number of anilines is 1. The van der Waals surface area contributed by atoms with Gasteiger partial charge in [0.25, 0.3) is 0 Å². The molecule has 3 rings (SSSR count). The molecule has 1 saturated heterocycles. The number of benzene rings is 1. The van der Waals surface area contributed by atoms with E-state index in [4.69, 9.17) is 0 Å². The number of nitrogens with zero attached hydrogens (tertiary/aromatic N) is 3. The molecular formula is C18H22F3N3S. The fraction of sp³-hybridized carbons (Fsp3) is 0.500. The Morgan fingerprint density at radius 3 is 2.56 bits per heavy atom. The summed E-state index contributed by atoms with van der Waals surface area (Å²) in [5.41, 5.74) is 1.35. The molecule has 2 heterocycles. The molecule has 0 aliphatic carbocycles. The van der Waals surface area contributed by atoms with Gasteiger partial charge in [0.05, 0.1) is 6.20 Å². The Balaban J connectivity index is 1.48. The van der Waals surface area contributed by atoms with Crippen LogP contribution in [0.5, 0.6) is 0 Å². The van der Waals surface area contributed by atoms with Crippen molar-refractivity contribution in [2.75, 3.05) is 37.6 Å². The minimum atomic E-state index is -4.30. The Kier molecular flexibility index (Phi) is 5.96. The van der Waals surface area contributed by atoms with E-state index in [-0.39, 0.29) is 0 Å². The Bertz CT molecular complexity index is 657. The molecule has 1 aliphatic rings. The van der Waals surface area contributed by atoms with Gasteiger partial charge < -0.3 is 9.80 Å². The average Bonchev–Trinajstić information content (AvgIpc) is 2.98. The van der Waals surface area contributed by atoms with Crippen molar-refractivity contribution in [1.82, 2.24) is 9.88 Å². The van der Waals surface area contributed by atoms with Gasteiger partial charge in [0.2, 0.25) is 0 Å². The van der Waals surface area contributed by atoms with Crippen LogP contribution in [0.1, 0.15) is 23.3 Å². The Hall–Kier alpha value is -1.60. The monoisotopic (exact) mass is 369 g/mol. The van der Waals surface area contributed by atoms with Crippen LogP contribution in [0.4, 0.5) is 18.3 Å². The highest BCUT2D eigenvalue weighted by molar-refractivity contribution is 7.15. The smallest absolute Gasteiger partial charge is 0.347 e. The van der Waals surface area contributed by atoms with E-state index in [1.807, 2.05) is 11.0 Å². The van der Waals surface area contributed by atoms with Crippen molar-refractivity contribution in [3.63, 3.8) is 0 Å². The lowest BCUT2D eigenvalue weighted by Crippen LogP contribution is -2.31. The zero-order valence-electron chi connectivity index (χ0n) is 14.0. The van der Waals surface area contributed by atoms with E-state index in [2.05, 4.69) is 34.1 Å². The average molecular weight is 369 g/mol. The van der Waals surface area contributed by atoms with Gasteiger partial charge in [-0.05, 0) is 37.9 Å². The lowest BCUT2D eigenvalue weighted by atomic mass is 10.1. The Morgan fingerprint density at radius 2 is 1.84 bits per heavy atom. The molecule has 0 amide bonds. The van der Waals surface area contributed by atoms with Gasteiger partial charge in [0, 0.05) is 19.6 Å². The van der Waals surface area contributed by atoms with Crippen molar-refractivity contribution < 1.29 is 13.2 Å². The highest BCUT2D eigenvalue weighted by Gasteiger charge is 2.34. The van der Waals surface area contributed by atoms with Gasteiger partial charge in [-0.15, -0.1) is 0 Å². The second kappa shape index (κ2) is 8.19. The molecule has 0 unspecified atom stereocenters. The molecule has 3 nitrogen and oxygen atoms in total. The first-order valence-electron chi connectivity index (χ1n) is 8.56. The second-order valence-electron chi connectivity index (χ2n) is 6.28. The van der Waals surface area contributed by atoms with Gasteiger partial charge >= 0.3 is 6.18 Å². The van der Waals surface area contributed by atoms with Gasteiger partial charge in [-0.1, -0.05) is 41.7 Å². The van der Waals surface area contributed by atoms with Crippen LogP contribution < -0.4 is 4.90 Å². The molecule has 1 aliphatic heterocycles. The van der Waals surface area contributed by atoms with Crippen LogP contribution in [0.15, 0.2) is 36.5 Å². The van der Waals surface area contributed by atoms with Crippen molar-refractivity contribution in [2.24, 2.45) is 0 Å². The van der Waals surface area contributed by atoms with Crippen LogP contribution in [0.3, 0.4) is 0 Å². The first kappa shape index (κ1) is 18.2. The third-order valence-corrected chi connectivity index (χ3v) is 5.52. The van der Waals surface area contributed by atoms with E-state index in [9.17, 15) is 13.2 Å². The van der Waals surface area contributed by atoms with Gasteiger partial charge in [-0.25, -0.2) is 4.98 Å². The number of hydrogen-bond acceptors (Lipinski definition) is 4. The van der Waals surface area contributed by atoms with Crippen molar-refractivity contribution in [1.29, 1.82) is 0 Å². The summed E-state index contributed by atoms with van der Waals surface area (Å²) in [6, 6.07) is 10.4. The summed E-state index contributed by atoms with van der Waals surface area (Å²) >= 11 is 0.743. The first-order valence-corrected chi connectivity index (χ1v) is 9.38. The Morgan fingerprint density at radius 1 is 1.04 bits per heavy atom. The first-order chi connectivity index (χ1) is 12.0. The van der Waals surface area contributed by atoms with E-state index in [0.29, 0.717) is 5.13 Å². The summed E-state index contributed by atoms with van der Waals surface area (Å²) in [7, 11) is 0. The quantitative estimate of drug-likeness (QED) is 0.783. The van der Waals surface area contributed by atoms with Crippen LogP contribution in [0.2, 0.25) is 0 Å². The van der Waals surface area contributed by atoms with Crippen molar-refractivity contribution in [2.45, 2.75) is 25.4 Å². The molecule has 7 heteroatoms. The van der Waals surface area contributed by atoms with Gasteiger partial charge in [0.15, 0.2) is 5.13 Å². The van der Waals surface area contributed by atoms with Crippen LogP contribution in [-0.2, 0) is 12.6 Å². The number of aromatic nitrogens is 1. The molecule has 0 bridgehead atoms. The summed E-state index contributed by atoms with van der Waals surface area (Å²) in [6.45, 7) is 4.38. The third-order valence-electron chi connectivity index (χ3n) is 4.41. The number of rotatable bonds is 5. The molecule has 0 radical (unpaired) electrons. The van der Waals surface area contributed by atoms with Gasteiger partial charge in [-0.2, -0.15) is 13.2 Å². The van der Waals surface area contributed by atoms with E-state index in [1.54, 1.807) is 0 Å². The molecule has 25 heavy (non-hydrogen) atoms. The van der Waals surface area contributed by atoms with Crippen LogP contribution in [-0.4, -0.2) is 42.6 Å². The topological polar surface area (TPSA) is 19.4 Å². The molecule has 0 saturated carbocycles. The highest BCUT2D eigenvalue weighted by atomic mass is 32.1. The maximum absolute atomic E-state index is 12.7. The Labute approximate surface area is 150 Å². The fourth-order valence-electron chi connectivity index (χ4n) is 3.08. The van der Waals surface area contributed by atoms with E-state index < -0.39 is 11.1 Å². The summed E-state index contributed by atoms with van der Waals surface area (Å²) in [6.07, 6.45) is -0.248. The molecule has 0 spiro atoms. The lowest BCUT2D eigenvalue weighted by molar-refractivity contribution is -0.134. The molecular weight excluding hydrogens is 347 g/mol. The number of halogens is 3. The van der Waals surface area contributed by atoms with E-state index >= 15 is 0 Å². The third kappa shape index (κ3) is 5.19. The number of hydrogen-bond donors (Lipinski definition) is 0. The predicted octanol–water partition coefficient (Wildman–Crippen LogP) is 4.31. The standard InChI is InChI=1S/C18H22F3N3S/c19-18(20,21)16-14-22-17(25-16)24-11-5-10-23(12-13-24)9-4-8-15-6-2-1-3-7-15/h1-3,6-7,14H,4-5,8-13H2. The van der Waals surface area contributed by atoms with Crippen molar-refractivity contribution in [3.05, 3.63) is 47.0 Å². The zero-order valence-corrected chi connectivity index (χ0v) is 14.8. The van der Waals surface area contributed by atoms with Gasteiger partial charge in [0.1, 0.15) is 4.88 Å². The van der Waals surface area contributed by atoms with Gasteiger partial charge in [-0.3, -0.25) is 0 Å². The number of aryl methyl sites for hydroxylation is 1. The summed E-state index contributed by atoms with van der Waals surface area (Å²) < 4.78 is 38.2. The molecule has 0 atom stereocenters. The summed E-state index contributed by atoms with van der Waals surface area (Å²) in [5.74, 6) is 0. The van der Waals surface area contributed by atoms with Crippen LogP contribution in [0, 0.1) is 0 Å². The molecule has 1 aromatic carbocycles. The molecule has 1 aromatic heterocycles. The molecule has 2 aromatic rings. The molecule has 136 valence electrons. The highest BCUT2D eigenvalue weighted by Crippen LogP contribution is 2.36. The number of alkyl halides is 3. The minimum Gasteiger partial charge on any atom is -0.347 e. The largest absolute Gasteiger partial charge is 0.427 e. The van der Waals surface area contributed by atoms with Crippen LogP contribution >= 0.6 is 11.3 Å². The van der Waals surface area contributed by atoms with Crippen molar-refractivity contribution in [3.8, 4) is 0 Å². The summed E-state index contributed by atoms with van der Waals surface area (Å²) in [4.78, 5) is 7.75. The number of thiazole rings is 1. The van der Waals surface area contributed by atoms with Crippen molar-refractivity contribution >= 4 is 16.5 Å². The summed E-state index contributed by atoms with van der Waals surface area (Å²) in [5, 5.41) is 0.485. The second-order valence-corrected chi connectivity index (χ2v) is 7.29. The minimum absolute atomic E-state index is 0.485. The predicted molar refractivity (Wildman–Crippen MR) is 95.1 cm³/mol. The SMILES string of the molecule is FC(F)(F)c1cnc(N2CCCN(CCCc3ccccc3)CC2)s1. The molecule has 1 fully saturated rings. The zero-order chi connectivity index (χ0) is 17.7. The maximum Gasteiger partial charge on any atom is 0.427 e. The van der Waals surface area contributed by atoms with E-state index in [0.717, 1.165) is 69.5 Å².